The van der Waals surface area contributed by atoms with Crippen molar-refractivity contribution in [2.45, 2.75) is 23.8 Å². The summed E-state index contributed by atoms with van der Waals surface area (Å²) >= 11 is 1.68. The second-order valence-corrected chi connectivity index (χ2v) is 4.75. The van der Waals surface area contributed by atoms with Crippen LogP contribution in [0.4, 0.5) is 5.82 Å². The first-order valence-electron chi connectivity index (χ1n) is 5.08. The summed E-state index contributed by atoms with van der Waals surface area (Å²) in [5.41, 5.74) is 0. The average molecular weight is 224 g/mol. The van der Waals surface area contributed by atoms with Crippen LogP contribution in [0.3, 0.4) is 0 Å². The van der Waals surface area contributed by atoms with Gasteiger partial charge in [0.15, 0.2) is 0 Å². The zero-order valence-corrected chi connectivity index (χ0v) is 10.2. The Kier molecular flexibility index (Phi) is 3.05. The largest absolute Gasteiger partial charge is 0.489 e. The Labute approximate surface area is 94.8 Å². The molecular formula is C11H16N2OS. The van der Waals surface area contributed by atoms with Gasteiger partial charge in [-0.2, -0.15) is 0 Å². The van der Waals surface area contributed by atoms with E-state index < -0.39 is 0 Å². The van der Waals surface area contributed by atoms with E-state index in [4.69, 9.17) is 4.74 Å². The molecule has 2 rings (SSSR count). The minimum atomic E-state index is 0.438. The summed E-state index contributed by atoms with van der Waals surface area (Å²) in [6.45, 7) is 0. The molecule has 0 aliphatic heterocycles. The summed E-state index contributed by atoms with van der Waals surface area (Å²) in [7, 11) is 3.98. The van der Waals surface area contributed by atoms with Gasteiger partial charge >= 0.3 is 0 Å². The number of hydrogen-bond acceptors (Lipinski definition) is 4. The van der Waals surface area contributed by atoms with Crippen molar-refractivity contribution in [2.75, 3.05) is 25.3 Å². The Morgan fingerprint density at radius 2 is 2.20 bits per heavy atom. The molecule has 0 aromatic carbocycles. The van der Waals surface area contributed by atoms with E-state index in [0.717, 1.165) is 16.5 Å². The standard InChI is InChI=1S/C11H16N2OS/c1-13(2)11-6-9(14-8-4-5-8)10(15-3)7-12-11/h6-8H,4-5H2,1-3H3. The fraction of sp³-hybridized carbons (Fsp3) is 0.545. The van der Waals surface area contributed by atoms with Gasteiger partial charge in [0.05, 0.1) is 11.0 Å². The lowest BCUT2D eigenvalue weighted by atomic mass is 10.4. The summed E-state index contributed by atoms with van der Waals surface area (Å²) in [5, 5.41) is 0. The number of hydrogen-bond donors (Lipinski definition) is 0. The van der Waals surface area contributed by atoms with Gasteiger partial charge < -0.3 is 9.64 Å². The molecule has 1 aliphatic rings. The lowest BCUT2D eigenvalue weighted by molar-refractivity contribution is 0.295. The summed E-state index contributed by atoms with van der Waals surface area (Å²) in [6, 6.07) is 2.02. The molecule has 1 saturated carbocycles. The molecule has 1 fully saturated rings. The highest BCUT2D eigenvalue weighted by molar-refractivity contribution is 7.98. The van der Waals surface area contributed by atoms with Crippen molar-refractivity contribution in [3.63, 3.8) is 0 Å². The van der Waals surface area contributed by atoms with Crippen LogP contribution in [-0.2, 0) is 0 Å². The fourth-order valence-electron chi connectivity index (χ4n) is 1.27. The van der Waals surface area contributed by atoms with Crippen LogP contribution in [0.25, 0.3) is 0 Å². The van der Waals surface area contributed by atoms with Crippen molar-refractivity contribution in [2.24, 2.45) is 0 Å². The maximum atomic E-state index is 5.85. The van der Waals surface area contributed by atoms with Gasteiger partial charge in [-0.15, -0.1) is 11.8 Å². The van der Waals surface area contributed by atoms with E-state index in [1.165, 1.54) is 12.8 Å². The Morgan fingerprint density at radius 1 is 1.47 bits per heavy atom. The Bertz CT molecular complexity index is 350. The van der Waals surface area contributed by atoms with Gasteiger partial charge in [-0.25, -0.2) is 4.98 Å². The first-order chi connectivity index (χ1) is 7.20. The van der Waals surface area contributed by atoms with E-state index in [1.54, 1.807) is 11.8 Å². The first-order valence-corrected chi connectivity index (χ1v) is 6.31. The zero-order chi connectivity index (χ0) is 10.8. The highest BCUT2D eigenvalue weighted by Gasteiger charge is 2.24. The zero-order valence-electron chi connectivity index (χ0n) is 9.36. The SMILES string of the molecule is CSc1cnc(N(C)C)cc1OC1CC1. The summed E-state index contributed by atoms with van der Waals surface area (Å²) in [4.78, 5) is 7.47. The van der Waals surface area contributed by atoms with Crippen LogP contribution in [0, 0.1) is 0 Å². The number of aromatic nitrogens is 1. The van der Waals surface area contributed by atoms with Gasteiger partial charge in [-0.3, -0.25) is 0 Å². The first kappa shape index (κ1) is 10.6. The lowest BCUT2D eigenvalue weighted by Crippen LogP contribution is -2.11. The number of ether oxygens (including phenoxy) is 1. The van der Waals surface area contributed by atoms with Gasteiger partial charge in [0.25, 0.3) is 0 Å². The third-order valence-electron chi connectivity index (χ3n) is 2.31. The smallest absolute Gasteiger partial charge is 0.138 e. The molecule has 0 bridgehead atoms. The highest BCUT2D eigenvalue weighted by Crippen LogP contribution is 2.34. The van der Waals surface area contributed by atoms with Crippen LogP contribution in [-0.4, -0.2) is 31.4 Å². The minimum Gasteiger partial charge on any atom is -0.489 e. The maximum Gasteiger partial charge on any atom is 0.138 e. The Hall–Kier alpha value is -0.900. The van der Waals surface area contributed by atoms with E-state index in [1.807, 2.05) is 37.5 Å². The molecule has 3 nitrogen and oxygen atoms in total. The average Bonchev–Trinajstić information content (AvgIpc) is 3.01. The van der Waals surface area contributed by atoms with Gasteiger partial charge in [0.2, 0.25) is 0 Å². The van der Waals surface area contributed by atoms with Crippen molar-refractivity contribution >= 4 is 17.6 Å². The monoisotopic (exact) mass is 224 g/mol. The molecule has 1 aliphatic carbocycles. The molecule has 1 aromatic heterocycles. The van der Waals surface area contributed by atoms with Crippen LogP contribution in [0.1, 0.15) is 12.8 Å². The topological polar surface area (TPSA) is 25.4 Å². The predicted octanol–water partition coefficient (Wildman–Crippen LogP) is 2.41. The normalized spacial score (nSPS) is 15.1. The molecule has 82 valence electrons. The Balaban J connectivity index is 2.24. The second kappa shape index (κ2) is 4.31. The molecule has 0 N–H and O–H groups in total. The molecule has 0 unspecified atom stereocenters. The van der Waals surface area contributed by atoms with Gasteiger partial charge in [-0.1, -0.05) is 0 Å². The molecule has 0 amide bonds. The van der Waals surface area contributed by atoms with Crippen molar-refractivity contribution in [1.29, 1.82) is 0 Å². The van der Waals surface area contributed by atoms with Crippen LogP contribution < -0.4 is 9.64 Å². The third-order valence-corrected chi connectivity index (χ3v) is 3.06. The number of anilines is 1. The van der Waals surface area contributed by atoms with Crippen molar-refractivity contribution in [3.8, 4) is 5.75 Å². The van der Waals surface area contributed by atoms with E-state index in [0.29, 0.717) is 6.10 Å². The van der Waals surface area contributed by atoms with E-state index >= 15 is 0 Å². The highest BCUT2D eigenvalue weighted by atomic mass is 32.2. The van der Waals surface area contributed by atoms with Crippen LogP contribution in [0.15, 0.2) is 17.2 Å². The van der Waals surface area contributed by atoms with Gasteiger partial charge in [0, 0.05) is 26.4 Å². The predicted molar refractivity (Wildman–Crippen MR) is 64.0 cm³/mol. The maximum absolute atomic E-state index is 5.85. The Morgan fingerprint density at radius 3 is 2.73 bits per heavy atom. The fourth-order valence-corrected chi connectivity index (χ4v) is 1.74. The minimum absolute atomic E-state index is 0.438. The lowest BCUT2D eigenvalue weighted by Gasteiger charge is -2.15. The van der Waals surface area contributed by atoms with Crippen LogP contribution >= 0.6 is 11.8 Å². The number of rotatable bonds is 4. The summed E-state index contributed by atoms with van der Waals surface area (Å²) < 4.78 is 5.85. The molecule has 0 saturated heterocycles. The molecule has 15 heavy (non-hydrogen) atoms. The molecule has 1 heterocycles. The molecule has 0 radical (unpaired) electrons. The van der Waals surface area contributed by atoms with Crippen molar-refractivity contribution in [1.82, 2.24) is 4.98 Å². The third kappa shape index (κ3) is 2.56. The summed E-state index contributed by atoms with van der Waals surface area (Å²) in [5.74, 6) is 1.92. The molecule has 1 aromatic rings. The number of nitrogens with zero attached hydrogens (tertiary/aromatic N) is 2. The summed E-state index contributed by atoms with van der Waals surface area (Å²) in [6.07, 6.45) is 6.75. The number of thioether (sulfide) groups is 1. The molecule has 4 heteroatoms. The van der Waals surface area contributed by atoms with Crippen molar-refractivity contribution < 1.29 is 4.74 Å². The van der Waals surface area contributed by atoms with E-state index in [2.05, 4.69) is 4.98 Å². The van der Waals surface area contributed by atoms with Crippen LogP contribution in [0.5, 0.6) is 5.75 Å². The molecule has 0 atom stereocenters. The van der Waals surface area contributed by atoms with Crippen LogP contribution in [0.2, 0.25) is 0 Å². The quantitative estimate of drug-likeness (QED) is 0.733. The number of pyridine rings is 1. The van der Waals surface area contributed by atoms with Gasteiger partial charge in [-0.05, 0) is 19.1 Å². The van der Waals surface area contributed by atoms with E-state index in [9.17, 15) is 0 Å². The second-order valence-electron chi connectivity index (χ2n) is 3.90. The van der Waals surface area contributed by atoms with E-state index in [-0.39, 0.29) is 0 Å². The molecular weight excluding hydrogens is 208 g/mol. The molecule has 0 spiro atoms. The van der Waals surface area contributed by atoms with Gasteiger partial charge in [0.1, 0.15) is 11.6 Å². The van der Waals surface area contributed by atoms with Crippen molar-refractivity contribution in [3.05, 3.63) is 12.3 Å².